The van der Waals surface area contributed by atoms with Crippen LogP contribution < -0.4 is 4.90 Å². The van der Waals surface area contributed by atoms with Gasteiger partial charge in [-0.05, 0) is 19.1 Å². The highest BCUT2D eigenvalue weighted by atomic mass is 16.5. The number of aryl methyl sites for hydroxylation is 1. The van der Waals surface area contributed by atoms with Crippen LogP contribution in [0.1, 0.15) is 5.56 Å². The molecule has 0 aromatic heterocycles. The van der Waals surface area contributed by atoms with E-state index in [-0.39, 0.29) is 6.03 Å². The van der Waals surface area contributed by atoms with Gasteiger partial charge in [-0.2, -0.15) is 4.99 Å². The van der Waals surface area contributed by atoms with Crippen molar-refractivity contribution in [3.05, 3.63) is 29.8 Å². The van der Waals surface area contributed by atoms with Crippen molar-refractivity contribution in [3.63, 3.8) is 0 Å². The fourth-order valence-electron chi connectivity index (χ4n) is 2.33. The predicted molar refractivity (Wildman–Crippen MR) is 73.7 cm³/mol. The van der Waals surface area contributed by atoms with Gasteiger partial charge >= 0.3 is 6.03 Å². The first kappa shape index (κ1) is 12.2. The van der Waals surface area contributed by atoms with Crippen molar-refractivity contribution in [2.45, 2.75) is 6.92 Å². The first-order chi connectivity index (χ1) is 9.24. The van der Waals surface area contributed by atoms with Gasteiger partial charge in [-0.15, -0.1) is 0 Å². The topological polar surface area (TPSA) is 45.1 Å². The number of carbonyl (C=O) groups is 1. The van der Waals surface area contributed by atoms with Crippen LogP contribution in [0.3, 0.4) is 0 Å². The van der Waals surface area contributed by atoms with Gasteiger partial charge in [0.15, 0.2) is 0 Å². The number of morpholine rings is 1. The van der Waals surface area contributed by atoms with Crippen LogP contribution in [-0.4, -0.2) is 49.6 Å². The maximum absolute atomic E-state index is 12.0. The Labute approximate surface area is 112 Å². The molecule has 0 radical (unpaired) electrons. The van der Waals surface area contributed by atoms with Gasteiger partial charge in [0.05, 0.1) is 19.8 Å². The van der Waals surface area contributed by atoms with Crippen molar-refractivity contribution >= 4 is 17.6 Å². The molecule has 0 unspecified atom stereocenters. The van der Waals surface area contributed by atoms with Crippen molar-refractivity contribution in [3.8, 4) is 0 Å². The van der Waals surface area contributed by atoms with Gasteiger partial charge in [0.25, 0.3) is 0 Å². The molecular weight excluding hydrogens is 242 g/mol. The largest absolute Gasteiger partial charge is 0.378 e. The molecule has 2 amide bonds. The Bertz CT molecular complexity index is 504. The van der Waals surface area contributed by atoms with Crippen molar-refractivity contribution in [1.82, 2.24) is 4.90 Å². The number of nitrogens with zero attached hydrogens (tertiary/aromatic N) is 3. The molecule has 2 heterocycles. The van der Waals surface area contributed by atoms with Gasteiger partial charge in [-0.25, -0.2) is 4.79 Å². The van der Waals surface area contributed by atoms with E-state index in [9.17, 15) is 4.79 Å². The van der Waals surface area contributed by atoms with Crippen molar-refractivity contribution in [2.75, 3.05) is 37.7 Å². The monoisotopic (exact) mass is 259 g/mol. The molecule has 0 atom stereocenters. The minimum absolute atomic E-state index is 0.176. The number of aliphatic imine (C=N–C) groups is 1. The normalized spacial score (nSPS) is 19.8. The van der Waals surface area contributed by atoms with E-state index in [0.29, 0.717) is 19.8 Å². The van der Waals surface area contributed by atoms with E-state index in [4.69, 9.17) is 4.74 Å². The second kappa shape index (κ2) is 5.01. The molecular formula is C14H17N3O2. The third kappa shape index (κ3) is 2.46. The molecule has 0 saturated carbocycles. The summed E-state index contributed by atoms with van der Waals surface area (Å²) in [5.41, 5.74) is 2.09. The summed E-state index contributed by atoms with van der Waals surface area (Å²) in [6, 6.07) is 7.77. The minimum atomic E-state index is -0.176. The molecule has 1 fully saturated rings. The van der Waals surface area contributed by atoms with Crippen LogP contribution in [0, 0.1) is 6.92 Å². The number of benzene rings is 1. The predicted octanol–water partition coefficient (Wildman–Crippen LogP) is 1.67. The second-order valence-electron chi connectivity index (χ2n) is 4.83. The standard InChI is InChI=1S/C14H17N3O2/c1-11-2-4-12(5-3-11)17-10-13(15-14(17)18)16-6-8-19-9-7-16/h2-5H,6-10H2,1H3. The molecule has 2 aliphatic rings. The number of urea groups is 1. The average molecular weight is 259 g/mol. The van der Waals surface area contributed by atoms with Crippen LogP contribution in [-0.2, 0) is 4.74 Å². The van der Waals surface area contributed by atoms with Crippen LogP contribution in [0.2, 0.25) is 0 Å². The number of hydrogen-bond donors (Lipinski definition) is 0. The smallest absolute Gasteiger partial charge is 0.350 e. The van der Waals surface area contributed by atoms with Gasteiger partial charge in [0, 0.05) is 18.8 Å². The molecule has 0 aliphatic carbocycles. The zero-order chi connectivity index (χ0) is 13.2. The molecule has 0 spiro atoms. The fourth-order valence-corrected chi connectivity index (χ4v) is 2.33. The first-order valence-corrected chi connectivity index (χ1v) is 6.52. The lowest BCUT2D eigenvalue weighted by atomic mass is 10.2. The highest BCUT2D eigenvalue weighted by molar-refractivity contribution is 6.11. The van der Waals surface area contributed by atoms with E-state index in [1.54, 1.807) is 4.90 Å². The Morgan fingerprint density at radius 2 is 1.84 bits per heavy atom. The molecule has 1 aromatic carbocycles. The molecule has 19 heavy (non-hydrogen) atoms. The Balaban J connectivity index is 1.74. The zero-order valence-electron chi connectivity index (χ0n) is 11.0. The van der Waals surface area contributed by atoms with Gasteiger partial charge in [-0.3, -0.25) is 4.90 Å². The summed E-state index contributed by atoms with van der Waals surface area (Å²) in [5, 5.41) is 0. The average Bonchev–Trinajstić information content (AvgIpc) is 2.83. The summed E-state index contributed by atoms with van der Waals surface area (Å²) in [5.74, 6) is 0.855. The SMILES string of the molecule is Cc1ccc(N2CC(N3CCOCC3)=NC2=O)cc1. The maximum Gasteiger partial charge on any atom is 0.350 e. The number of amides is 2. The lowest BCUT2D eigenvalue weighted by Gasteiger charge is -2.28. The van der Waals surface area contributed by atoms with Crippen LogP contribution >= 0.6 is 0 Å². The second-order valence-corrected chi connectivity index (χ2v) is 4.83. The lowest BCUT2D eigenvalue weighted by molar-refractivity contribution is 0.0678. The molecule has 0 N–H and O–H groups in total. The minimum Gasteiger partial charge on any atom is -0.378 e. The Hall–Kier alpha value is -1.88. The number of ether oxygens (including phenoxy) is 1. The lowest BCUT2D eigenvalue weighted by Crippen LogP contribution is -2.43. The van der Waals surface area contributed by atoms with Crippen LogP contribution in [0.4, 0.5) is 10.5 Å². The molecule has 5 nitrogen and oxygen atoms in total. The van der Waals surface area contributed by atoms with Gasteiger partial charge in [0.1, 0.15) is 5.84 Å². The number of amidine groups is 1. The molecule has 1 saturated heterocycles. The maximum atomic E-state index is 12.0. The molecule has 5 heteroatoms. The van der Waals surface area contributed by atoms with E-state index < -0.39 is 0 Å². The summed E-state index contributed by atoms with van der Waals surface area (Å²) in [6.07, 6.45) is 0. The molecule has 3 rings (SSSR count). The quantitative estimate of drug-likeness (QED) is 0.770. The number of rotatable bonds is 1. The van der Waals surface area contributed by atoms with E-state index in [0.717, 1.165) is 24.6 Å². The van der Waals surface area contributed by atoms with Crippen molar-refractivity contribution < 1.29 is 9.53 Å². The molecule has 0 bridgehead atoms. The fraction of sp³-hybridized carbons (Fsp3) is 0.429. The first-order valence-electron chi connectivity index (χ1n) is 6.52. The zero-order valence-corrected chi connectivity index (χ0v) is 11.0. The van der Waals surface area contributed by atoms with E-state index in [1.165, 1.54) is 5.56 Å². The number of anilines is 1. The van der Waals surface area contributed by atoms with Crippen molar-refractivity contribution in [1.29, 1.82) is 0 Å². The highest BCUT2D eigenvalue weighted by Crippen LogP contribution is 2.20. The Kier molecular flexibility index (Phi) is 3.21. The van der Waals surface area contributed by atoms with E-state index in [1.807, 2.05) is 31.2 Å². The van der Waals surface area contributed by atoms with Crippen LogP contribution in [0.5, 0.6) is 0 Å². The number of carbonyl (C=O) groups excluding carboxylic acids is 1. The third-order valence-electron chi connectivity index (χ3n) is 3.48. The van der Waals surface area contributed by atoms with E-state index in [2.05, 4.69) is 9.89 Å². The summed E-state index contributed by atoms with van der Waals surface area (Å²) >= 11 is 0. The number of hydrogen-bond acceptors (Lipinski definition) is 3. The van der Waals surface area contributed by atoms with E-state index >= 15 is 0 Å². The van der Waals surface area contributed by atoms with Gasteiger partial charge < -0.3 is 9.64 Å². The Morgan fingerprint density at radius 1 is 1.16 bits per heavy atom. The highest BCUT2D eigenvalue weighted by Gasteiger charge is 2.28. The summed E-state index contributed by atoms with van der Waals surface area (Å²) in [6.45, 7) is 5.63. The van der Waals surface area contributed by atoms with Crippen LogP contribution in [0.15, 0.2) is 29.3 Å². The third-order valence-corrected chi connectivity index (χ3v) is 3.48. The van der Waals surface area contributed by atoms with Crippen molar-refractivity contribution in [2.24, 2.45) is 4.99 Å². The Morgan fingerprint density at radius 3 is 2.53 bits per heavy atom. The van der Waals surface area contributed by atoms with Gasteiger partial charge in [0.2, 0.25) is 0 Å². The molecule has 1 aromatic rings. The van der Waals surface area contributed by atoms with Crippen LogP contribution in [0.25, 0.3) is 0 Å². The molecule has 100 valence electrons. The summed E-state index contributed by atoms with van der Waals surface area (Å²) in [4.78, 5) is 20.0. The molecule has 2 aliphatic heterocycles. The van der Waals surface area contributed by atoms with Gasteiger partial charge in [-0.1, -0.05) is 17.7 Å². The summed E-state index contributed by atoms with van der Waals surface area (Å²) < 4.78 is 5.32. The summed E-state index contributed by atoms with van der Waals surface area (Å²) in [7, 11) is 0.